The topological polar surface area (TPSA) is 53.8 Å². The molecule has 0 spiro atoms. The molecule has 1 aliphatic heterocycles. The van der Waals surface area contributed by atoms with Crippen LogP contribution in [0.2, 0.25) is 0 Å². The predicted octanol–water partition coefficient (Wildman–Crippen LogP) is 6.81. The van der Waals surface area contributed by atoms with Crippen LogP contribution in [0.1, 0.15) is 46.6 Å². The summed E-state index contributed by atoms with van der Waals surface area (Å²) in [4.78, 5) is 30.9. The Hall–Kier alpha value is -4.38. The van der Waals surface area contributed by atoms with E-state index in [1.54, 1.807) is 24.5 Å². The Kier molecular flexibility index (Phi) is 6.54. The minimum absolute atomic E-state index is 0.0642. The zero-order valence-corrected chi connectivity index (χ0v) is 20.4. The number of benzene rings is 3. The van der Waals surface area contributed by atoms with Gasteiger partial charge in [0.2, 0.25) is 0 Å². The molecule has 2 atom stereocenters. The van der Waals surface area contributed by atoms with E-state index < -0.39 is 0 Å². The number of hydrogen-bond donors (Lipinski definition) is 0. The molecule has 0 aliphatic carbocycles. The quantitative estimate of drug-likeness (QED) is 0.297. The summed E-state index contributed by atoms with van der Waals surface area (Å²) < 4.78 is 5.34. The van der Waals surface area contributed by atoms with E-state index in [0.29, 0.717) is 17.7 Å². The van der Waals surface area contributed by atoms with Crippen molar-refractivity contribution in [1.82, 2.24) is 0 Å². The second kappa shape index (κ2) is 10.1. The third-order valence-corrected chi connectivity index (χ3v) is 6.59. The number of amides is 2. The smallest absolute Gasteiger partial charge is 0.258 e. The molecule has 180 valence electrons. The van der Waals surface area contributed by atoms with Gasteiger partial charge in [0, 0.05) is 29.1 Å². The monoisotopic (exact) mass is 476 g/mol. The molecule has 2 heterocycles. The SMILES string of the molecule is Cc1ccc(C(=O)N(c2ccccc2)[C@H]2C[C@H](C)N(C(=O)/C=C/c3ccco3)c3ccccc32)cc1. The maximum atomic E-state index is 13.9. The van der Waals surface area contributed by atoms with Gasteiger partial charge in [0.15, 0.2) is 0 Å². The van der Waals surface area contributed by atoms with Crippen molar-refractivity contribution in [2.24, 2.45) is 0 Å². The summed E-state index contributed by atoms with van der Waals surface area (Å²) in [5.74, 6) is 0.435. The van der Waals surface area contributed by atoms with Crippen LogP contribution in [0.5, 0.6) is 0 Å². The summed E-state index contributed by atoms with van der Waals surface area (Å²) in [5.41, 5.74) is 4.32. The standard InChI is InChI=1S/C31H28N2O3/c1-22-14-16-24(17-15-22)31(35)33(25-9-4-3-5-10-25)29-21-23(2)32(28-13-7-6-12-27(28)29)30(34)19-18-26-11-8-20-36-26/h3-20,23,29H,21H2,1-2H3/b19-18+/t23-,29-/m0/s1. The lowest BCUT2D eigenvalue weighted by Gasteiger charge is -2.43. The van der Waals surface area contributed by atoms with Crippen LogP contribution in [0, 0.1) is 6.92 Å². The van der Waals surface area contributed by atoms with Crippen molar-refractivity contribution in [3.8, 4) is 0 Å². The second-order valence-corrected chi connectivity index (χ2v) is 9.09. The molecule has 1 aromatic heterocycles. The number of carbonyl (C=O) groups is 2. The summed E-state index contributed by atoms with van der Waals surface area (Å²) in [6.45, 7) is 4.04. The molecule has 5 rings (SSSR count). The highest BCUT2D eigenvalue weighted by Crippen LogP contribution is 2.42. The van der Waals surface area contributed by atoms with Gasteiger partial charge in [0.05, 0.1) is 12.3 Å². The summed E-state index contributed by atoms with van der Waals surface area (Å²) in [5, 5.41) is 0. The summed E-state index contributed by atoms with van der Waals surface area (Å²) in [6.07, 6.45) is 5.40. The van der Waals surface area contributed by atoms with E-state index in [2.05, 4.69) is 0 Å². The third kappa shape index (κ3) is 4.60. The molecule has 5 heteroatoms. The first-order chi connectivity index (χ1) is 17.5. The average molecular weight is 477 g/mol. The maximum Gasteiger partial charge on any atom is 0.258 e. The van der Waals surface area contributed by atoms with E-state index >= 15 is 0 Å². The van der Waals surface area contributed by atoms with Gasteiger partial charge in [-0.25, -0.2) is 0 Å². The van der Waals surface area contributed by atoms with Gasteiger partial charge < -0.3 is 14.2 Å². The van der Waals surface area contributed by atoms with Crippen molar-refractivity contribution in [3.05, 3.63) is 126 Å². The number of aryl methyl sites for hydroxylation is 1. The van der Waals surface area contributed by atoms with Crippen LogP contribution in [0.15, 0.2) is 108 Å². The highest BCUT2D eigenvalue weighted by Gasteiger charge is 2.38. The van der Waals surface area contributed by atoms with Crippen molar-refractivity contribution in [1.29, 1.82) is 0 Å². The van der Waals surface area contributed by atoms with Crippen LogP contribution in [-0.4, -0.2) is 17.9 Å². The Bertz CT molecular complexity index is 1380. The fourth-order valence-corrected chi connectivity index (χ4v) is 4.84. The highest BCUT2D eigenvalue weighted by molar-refractivity contribution is 6.08. The molecule has 0 N–H and O–H groups in total. The lowest BCUT2D eigenvalue weighted by Crippen LogP contribution is -2.47. The van der Waals surface area contributed by atoms with Crippen molar-refractivity contribution in [2.75, 3.05) is 9.80 Å². The molecule has 0 saturated heterocycles. The van der Waals surface area contributed by atoms with Crippen LogP contribution in [0.3, 0.4) is 0 Å². The van der Waals surface area contributed by atoms with Gasteiger partial charge in [0.25, 0.3) is 11.8 Å². The number of anilines is 2. The lowest BCUT2D eigenvalue weighted by molar-refractivity contribution is -0.114. The molecule has 0 bridgehead atoms. The predicted molar refractivity (Wildman–Crippen MR) is 143 cm³/mol. The van der Waals surface area contributed by atoms with Gasteiger partial charge in [0.1, 0.15) is 5.76 Å². The number of fused-ring (bicyclic) bond motifs is 1. The fourth-order valence-electron chi connectivity index (χ4n) is 4.84. The summed E-state index contributed by atoms with van der Waals surface area (Å²) in [6, 6.07) is 28.5. The van der Waals surface area contributed by atoms with Crippen molar-refractivity contribution >= 4 is 29.3 Å². The molecule has 1 aliphatic rings. The molecular weight excluding hydrogens is 448 g/mol. The van der Waals surface area contributed by atoms with Gasteiger partial charge >= 0.3 is 0 Å². The largest absolute Gasteiger partial charge is 0.465 e. The van der Waals surface area contributed by atoms with E-state index in [4.69, 9.17) is 4.42 Å². The number of furan rings is 1. The Labute approximate surface area is 211 Å². The Morgan fingerprint density at radius 2 is 1.64 bits per heavy atom. The number of hydrogen-bond acceptors (Lipinski definition) is 3. The molecule has 5 nitrogen and oxygen atoms in total. The zero-order chi connectivity index (χ0) is 25.1. The third-order valence-electron chi connectivity index (χ3n) is 6.59. The number of carbonyl (C=O) groups excluding carboxylic acids is 2. The van der Waals surface area contributed by atoms with Gasteiger partial charge in [-0.2, -0.15) is 0 Å². The van der Waals surface area contributed by atoms with Crippen LogP contribution in [0.25, 0.3) is 6.08 Å². The molecule has 36 heavy (non-hydrogen) atoms. The fraction of sp³-hybridized carbons (Fsp3) is 0.161. The lowest BCUT2D eigenvalue weighted by atomic mass is 9.89. The molecular formula is C31H28N2O3. The first-order valence-corrected chi connectivity index (χ1v) is 12.1. The first kappa shape index (κ1) is 23.4. The van der Waals surface area contributed by atoms with Gasteiger partial charge in [-0.3, -0.25) is 9.59 Å². The van der Waals surface area contributed by atoms with Gasteiger partial charge in [-0.15, -0.1) is 0 Å². The zero-order valence-electron chi connectivity index (χ0n) is 20.4. The summed E-state index contributed by atoms with van der Waals surface area (Å²) >= 11 is 0. The highest BCUT2D eigenvalue weighted by atomic mass is 16.3. The minimum Gasteiger partial charge on any atom is -0.465 e. The first-order valence-electron chi connectivity index (χ1n) is 12.1. The Morgan fingerprint density at radius 1 is 0.917 bits per heavy atom. The molecule has 0 radical (unpaired) electrons. The number of rotatable bonds is 5. The van der Waals surface area contributed by atoms with E-state index in [0.717, 1.165) is 22.5 Å². The molecule has 4 aromatic rings. The molecule has 0 saturated carbocycles. The van der Waals surface area contributed by atoms with E-state index in [1.165, 1.54) is 0 Å². The van der Waals surface area contributed by atoms with E-state index in [-0.39, 0.29) is 23.9 Å². The van der Waals surface area contributed by atoms with Gasteiger partial charge in [-0.1, -0.05) is 54.1 Å². The van der Waals surface area contributed by atoms with Crippen molar-refractivity contribution in [2.45, 2.75) is 32.4 Å². The Morgan fingerprint density at radius 3 is 2.36 bits per heavy atom. The van der Waals surface area contributed by atoms with Crippen molar-refractivity contribution < 1.29 is 14.0 Å². The molecule has 2 amide bonds. The minimum atomic E-state index is -0.231. The van der Waals surface area contributed by atoms with Crippen molar-refractivity contribution in [3.63, 3.8) is 0 Å². The Balaban J connectivity index is 1.55. The van der Waals surface area contributed by atoms with Crippen LogP contribution in [0.4, 0.5) is 11.4 Å². The van der Waals surface area contributed by atoms with Crippen LogP contribution < -0.4 is 9.80 Å². The molecule has 0 unspecified atom stereocenters. The van der Waals surface area contributed by atoms with Gasteiger partial charge in [-0.05, 0) is 74.4 Å². The average Bonchev–Trinajstić information content (AvgIpc) is 3.42. The van der Waals surface area contributed by atoms with Crippen LogP contribution in [-0.2, 0) is 4.79 Å². The van der Waals surface area contributed by atoms with Crippen LogP contribution >= 0.6 is 0 Å². The second-order valence-electron chi connectivity index (χ2n) is 9.09. The number of para-hydroxylation sites is 2. The number of nitrogens with zero attached hydrogens (tertiary/aromatic N) is 2. The summed E-state index contributed by atoms with van der Waals surface area (Å²) in [7, 11) is 0. The molecule has 0 fully saturated rings. The van der Waals surface area contributed by atoms with E-state index in [9.17, 15) is 9.59 Å². The van der Waals surface area contributed by atoms with E-state index in [1.807, 2.05) is 109 Å². The normalized spacial score (nSPS) is 17.1. The maximum absolute atomic E-state index is 13.9. The molecule has 3 aromatic carbocycles.